The molecule has 2 heterocycles. The average molecular weight is 578 g/mol. The number of carbonyl (C=O) groups is 2. The fourth-order valence-corrected chi connectivity index (χ4v) is 4.76. The van der Waals surface area contributed by atoms with Gasteiger partial charge in [-0.3, -0.25) is 5.32 Å². The zero-order valence-electron chi connectivity index (χ0n) is 21.3. The molecule has 0 fully saturated rings. The molecule has 0 saturated heterocycles. The van der Waals surface area contributed by atoms with Crippen molar-refractivity contribution in [3.63, 3.8) is 0 Å². The molecule has 0 radical (unpaired) electrons. The molecule has 5 aromatic rings. The number of aromatic amines is 2. The second kappa shape index (κ2) is 12.1. The lowest BCUT2D eigenvalue weighted by molar-refractivity contribution is 0.187. The molecule has 0 aliphatic rings. The van der Waals surface area contributed by atoms with Gasteiger partial charge in [-0.05, 0) is 36.2 Å². The van der Waals surface area contributed by atoms with E-state index in [2.05, 4.69) is 35.6 Å². The van der Waals surface area contributed by atoms with Crippen LogP contribution in [0, 0.1) is 0 Å². The highest BCUT2D eigenvalue weighted by atomic mass is 35.5. The van der Waals surface area contributed by atoms with Gasteiger partial charge in [0, 0.05) is 28.4 Å². The highest BCUT2D eigenvalue weighted by molar-refractivity contribution is 6.32. The van der Waals surface area contributed by atoms with Crippen molar-refractivity contribution in [2.45, 2.75) is 19.0 Å². The Morgan fingerprint density at radius 1 is 1.05 bits per heavy atom. The molecule has 0 bridgehead atoms. The second-order valence-electron chi connectivity index (χ2n) is 8.91. The van der Waals surface area contributed by atoms with Gasteiger partial charge in [0.1, 0.15) is 16.7 Å². The molecular formula is C28H25Cl2N7O3. The van der Waals surface area contributed by atoms with Crippen molar-refractivity contribution in [2.24, 2.45) is 0 Å². The van der Waals surface area contributed by atoms with Gasteiger partial charge in [0.25, 0.3) is 0 Å². The standard InChI is InChI=1S/C28H25Cl2N7O3/c1-40-28(39)34-20-9-7-17(8-10-20)24-25(30)37-26(36-24)22(11-16-5-3-2-4-6-16)35-27(38)31-14-18-12-19(29)13-21-23(18)33-15-32-21/h2-10,12-13,15,22H,11,14H2,1H3,(H,32,33)(H,34,39)(H,36,37)(H2,31,35,38)/t22-/m0/s1. The number of nitrogens with zero attached hydrogens (tertiary/aromatic N) is 2. The van der Waals surface area contributed by atoms with Crippen LogP contribution < -0.4 is 16.0 Å². The predicted molar refractivity (Wildman–Crippen MR) is 154 cm³/mol. The van der Waals surface area contributed by atoms with Gasteiger partial charge in [0.2, 0.25) is 0 Å². The Kier molecular flexibility index (Phi) is 8.18. The van der Waals surface area contributed by atoms with E-state index < -0.39 is 18.2 Å². The molecule has 5 rings (SSSR count). The lowest BCUT2D eigenvalue weighted by atomic mass is 10.1. The predicted octanol–water partition coefficient (Wildman–Crippen LogP) is 6.22. The number of hydrogen-bond donors (Lipinski definition) is 5. The van der Waals surface area contributed by atoms with E-state index in [1.54, 1.807) is 42.7 Å². The Hall–Kier alpha value is -4.54. The molecule has 10 nitrogen and oxygen atoms in total. The molecule has 0 saturated carbocycles. The largest absolute Gasteiger partial charge is 0.453 e. The third-order valence-electron chi connectivity index (χ3n) is 6.19. The van der Waals surface area contributed by atoms with Gasteiger partial charge in [-0.25, -0.2) is 19.6 Å². The number of aromatic nitrogens is 4. The summed E-state index contributed by atoms with van der Waals surface area (Å²) in [6.07, 6.45) is 1.49. The molecular weight excluding hydrogens is 553 g/mol. The molecule has 40 heavy (non-hydrogen) atoms. The molecule has 0 aliphatic heterocycles. The number of urea groups is 1. The van der Waals surface area contributed by atoms with E-state index in [9.17, 15) is 9.59 Å². The van der Waals surface area contributed by atoms with Gasteiger partial charge >= 0.3 is 12.1 Å². The van der Waals surface area contributed by atoms with E-state index in [1.807, 2.05) is 30.3 Å². The minimum absolute atomic E-state index is 0.224. The Morgan fingerprint density at radius 3 is 2.58 bits per heavy atom. The van der Waals surface area contributed by atoms with Crippen molar-refractivity contribution in [2.75, 3.05) is 12.4 Å². The van der Waals surface area contributed by atoms with Crippen LogP contribution in [0.4, 0.5) is 15.3 Å². The summed E-state index contributed by atoms with van der Waals surface area (Å²) in [6.45, 7) is 0.224. The first kappa shape index (κ1) is 27.0. The Bertz CT molecular complexity index is 1640. The van der Waals surface area contributed by atoms with Gasteiger partial charge in [0.05, 0.1) is 30.5 Å². The van der Waals surface area contributed by atoms with Crippen LogP contribution >= 0.6 is 23.2 Å². The number of methoxy groups -OCH3 is 1. The number of H-pyrrole nitrogens is 2. The molecule has 0 spiro atoms. The number of nitrogens with one attached hydrogen (secondary N) is 5. The minimum Gasteiger partial charge on any atom is -0.453 e. The quantitative estimate of drug-likeness (QED) is 0.149. The summed E-state index contributed by atoms with van der Waals surface area (Å²) in [4.78, 5) is 39.7. The molecule has 12 heteroatoms. The molecule has 204 valence electrons. The molecule has 5 N–H and O–H groups in total. The number of amides is 3. The Morgan fingerprint density at radius 2 is 1.82 bits per heavy atom. The van der Waals surface area contributed by atoms with Crippen molar-refractivity contribution in [1.82, 2.24) is 30.6 Å². The van der Waals surface area contributed by atoms with Crippen molar-refractivity contribution in [1.29, 1.82) is 0 Å². The Labute approximate surface area is 239 Å². The highest BCUT2D eigenvalue weighted by Gasteiger charge is 2.22. The summed E-state index contributed by atoms with van der Waals surface area (Å²) in [5.74, 6) is 0.494. The highest BCUT2D eigenvalue weighted by Crippen LogP contribution is 2.29. The normalized spacial score (nSPS) is 11.7. The topological polar surface area (TPSA) is 137 Å². The number of anilines is 1. The first-order valence-corrected chi connectivity index (χ1v) is 13.1. The maximum atomic E-state index is 13.1. The van der Waals surface area contributed by atoms with Crippen molar-refractivity contribution < 1.29 is 14.3 Å². The van der Waals surface area contributed by atoms with Gasteiger partial charge in [-0.15, -0.1) is 0 Å². The monoisotopic (exact) mass is 577 g/mol. The minimum atomic E-state index is -0.565. The lowest BCUT2D eigenvalue weighted by Gasteiger charge is -2.18. The van der Waals surface area contributed by atoms with Crippen LogP contribution in [0.15, 0.2) is 73.1 Å². The smallest absolute Gasteiger partial charge is 0.411 e. The van der Waals surface area contributed by atoms with Gasteiger partial charge in [-0.2, -0.15) is 0 Å². The van der Waals surface area contributed by atoms with E-state index in [4.69, 9.17) is 28.2 Å². The number of imidazole rings is 2. The van der Waals surface area contributed by atoms with E-state index >= 15 is 0 Å². The van der Waals surface area contributed by atoms with Crippen LogP contribution in [0.5, 0.6) is 0 Å². The molecule has 0 unspecified atom stereocenters. The van der Waals surface area contributed by atoms with Gasteiger partial charge in [-0.1, -0.05) is 65.7 Å². The maximum absolute atomic E-state index is 13.1. The summed E-state index contributed by atoms with van der Waals surface area (Å²) in [5, 5.41) is 9.37. The number of rotatable bonds is 8. The van der Waals surface area contributed by atoms with Crippen LogP contribution in [-0.4, -0.2) is 39.2 Å². The average Bonchev–Trinajstić information content (AvgIpc) is 3.59. The first-order valence-electron chi connectivity index (χ1n) is 12.3. The number of benzene rings is 3. The van der Waals surface area contributed by atoms with Gasteiger partial charge in [0.15, 0.2) is 0 Å². The van der Waals surface area contributed by atoms with Crippen LogP contribution in [-0.2, 0) is 17.7 Å². The third-order valence-corrected chi connectivity index (χ3v) is 6.68. The molecule has 1 atom stereocenters. The zero-order chi connectivity index (χ0) is 28.1. The fraction of sp³-hybridized carbons (Fsp3) is 0.143. The maximum Gasteiger partial charge on any atom is 0.411 e. The SMILES string of the molecule is COC(=O)Nc1ccc(-c2nc([C@H](Cc3ccccc3)NC(=O)NCc3cc(Cl)cc4[nH]cnc34)[nH]c2Cl)cc1. The van der Waals surface area contributed by atoms with E-state index in [-0.39, 0.29) is 6.54 Å². The van der Waals surface area contributed by atoms with Crippen molar-refractivity contribution in [3.05, 3.63) is 100 Å². The Balaban J connectivity index is 1.35. The summed E-state index contributed by atoms with van der Waals surface area (Å²) in [6, 6.07) is 19.4. The van der Waals surface area contributed by atoms with Crippen molar-refractivity contribution in [3.8, 4) is 11.3 Å². The number of ether oxygens (including phenoxy) is 1. The lowest BCUT2D eigenvalue weighted by Crippen LogP contribution is -2.38. The molecule has 2 aromatic heterocycles. The second-order valence-corrected chi connectivity index (χ2v) is 9.73. The van der Waals surface area contributed by atoms with Crippen molar-refractivity contribution >= 4 is 52.0 Å². The molecule has 0 aliphatic carbocycles. The molecule has 3 amide bonds. The third kappa shape index (κ3) is 6.36. The summed E-state index contributed by atoms with van der Waals surface area (Å²) in [5.41, 5.74) is 5.13. The van der Waals surface area contributed by atoms with Crippen LogP contribution in [0.1, 0.15) is 23.0 Å². The fourth-order valence-electron chi connectivity index (χ4n) is 4.28. The van der Waals surface area contributed by atoms with Gasteiger partial charge < -0.3 is 25.3 Å². The van der Waals surface area contributed by atoms with E-state index in [1.165, 1.54) is 7.11 Å². The number of halogens is 2. The summed E-state index contributed by atoms with van der Waals surface area (Å²) < 4.78 is 4.62. The molecule has 3 aromatic carbocycles. The van der Waals surface area contributed by atoms with E-state index in [0.29, 0.717) is 33.8 Å². The first-order chi connectivity index (χ1) is 19.4. The number of hydrogen-bond acceptors (Lipinski definition) is 5. The zero-order valence-corrected chi connectivity index (χ0v) is 22.8. The van der Waals surface area contributed by atoms with Crippen LogP contribution in [0.25, 0.3) is 22.3 Å². The van der Waals surface area contributed by atoms with Crippen LogP contribution in [0.3, 0.4) is 0 Å². The summed E-state index contributed by atoms with van der Waals surface area (Å²) >= 11 is 12.8. The summed E-state index contributed by atoms with van der Waals surface area (Å²) in [7, 11) is 1.30. The number of fused-ring (bicyclic) bond motifs is 1. The van der Waals surface area contributed by atoms with E-state index in [0.717, 1.165) is 27.7 Å². The number of carbonyl (C=O) groups excluding carboxylic acids is 2. The van der Waals surface area contributed by atoms with Crippen LogP contribution in [0.2, 0.25) is 10.2 Å².